The molecule has 0 saturated carbocycles. The van der Waals surface area contributed by atoms with Crippen molar-refractivity contribution in [2.24, 2.45) is 0 Å². The summed E-state index contributed by atoms with van der Waals surface area (Å²) in [4.78, 5) is 20.5. The summed E-state index contributed by atoms with van der Waals surface area (Å²) in [5.41, 5.74) is 0.708. The van der Waals surface area contributed by atoms with Gasteiger partial charge in [-0.3, -0.25) is 4.79 Å². The Kier molecular flexibility index (Phi) is 7.37. The van der Waals surface area contributed by atoms with Crippen LogP contribution in [-0.4, -0.2) is 28.5 Å². The van der Waals surface area contributed by atoms with Crippen LogP contribution in [-0.2, 0) is 4.79 Å². The third-order valence-electron chi connectivity index (χ3n) is 4.20. The second-order valence-corrected chi connectivity index (χ2v) is 7.60. The van der Waals surface area contributed by atoms with Gasteiger partial charge in [-0.05, 0) is 24.3 Å². The van der Waals surface area contributed by atoms with Crippen molar-refractivity contribution in [1.82, 2.24) is 15.3 Å². The third-order valence-corrected chi connectivity index (χ3v) is 4.94. The molecule has 6 nitrogen and oxygen atoms in total. The predicted molar refractivity (Wildman–Crippen MR) is 120 cm³/mol. The summed E-state index contributed by atoms with van der Waals surface area (Å²) in [6.45, 7) is 4.55. The summed E-state index contributed by atoms with van der Waals surface area (Å²) in [6.07, 6.45) is 4.36. The molecule has 0 atom stereocenters. The number of benzene rings is 2. The van der Waals surface area contributed by atoms with Crippen LogP contribution in [0.15, 0.2) is 42.7 Å². The third kappa shape index (κ3) is 5.46. The zero-order valence-corrected chi connectivity index (χ0v) is 18.2. The quantitative estimate of drug-likeness (QED) is 0.319. The average molecular weight is 466 g/mol. The molecule has 1 heterocycles. The lowest BCUT2D eigenvalue weighted by molar-refractivity contribution is -0.111. The van der Waals surface area contributed by atoms with E-state index in [1.165, 1.54) is 18.5 Å². The van der Waals surface area contributed by atoms with E-state index in [-0.39, 0.29) is 22.4 Å². The maximum Gasteiger partial charge on any atom is 0.248 e. The van der Waals surface area contributed by atoms with E-state index in [2.05, 4.69) is 25.9 Å². The molecular formula is C21H19Cl2F2N5O. The number of anilines is 3. The number of halogens is 4. The normalized spacial score (nSPS) is 11.5. The van der Waals surface area contributed by atoms with Crippen LogP contribution in [0.1, 0.15) is 13.8 Å². The van der Waals surface area contributed by atoms with E-state index >= 15 is 0 Å². The standard InChI is InChI=1S/C21H19Cl2F2N5O/c1-11(2)26-9-3-4-16(31)29-14-8-7-13-17(19(14)23)21(28-10-27-13)30-15-6-5-12(24)18(22)20(15)25/h3-8,10-11,26H,9H2,1-2H3,(H,29,31)(H,27,28,30)/b4-3+. The Morgan fingerprint density at radius 3 is 2.58 bits per heavy atom. The second-order valence-electron chi connectivity index (χ2n) is 6.85. The van der Waals surface area contributed by atoms with Gasteiger partial charge in [-0.15, -0.1) is 0 Å². The fourth-order valence-electron chi connectivity index (χ4n) is 2.70. The van der Waals surface area contributed by atoms with Crippen molar-refractivity contribution in [2.45, 2.75) is 19.9 Å². The molecule has 3 rings (SSSR count). The lowest BCUT2D eigenvalue weighted by atomic mass is 10.2. The SMILES string of the molecule is CC(C)NC/C=C/C(=O)Nc1ccc2ncnc(Nc3ccc(F)c(Cl)c3F)c2c1Cl. The Bertz CT molecular complexity index is 1150. The highest BCUT2D eigenvalue weighted by Gasteiger charge is 2.16. The molecule has 0 unspecified atom stereocenters. The maximum atomic E-state index is 14.3. The van der Waals surface area contributed by atoms with E-state index < -0.39 is 16.7 Å². The van der Waals surface area contributed by atoms with Gasteiger partial charge in [-0.1, -0.05) is 43.1 Å². The Morgan fingerprint density at radius 2 is 1.84 bits per heavy atom. The molecule has 3 N–H and O–H groups in total. The minimum absolute atomic E-state index is 0.0857. The Labute approximate surface area is 187 Å². The van der Waals surface area contributed by atoms with Crippen LogP contribution < -0.4 is 16.0 Å². The van der Waals surface area contributed by atoms with Gasteiger partial charge in [-0.25, -0.2) is 18.7 Å². The number of nitrogens with one attached hydrogen (secondary N) is 3. The van der Waals surface area contributed by atoms with Crippen LogP contribution in [0.3, 0.4) is 0 Å². The predicted octanol–water partition coefficient (Wildman–Crippen LogP) is 5.45. The smallest absolute Gasteiger partial charge is 0.248 e. The number of hydrogen-bond acceptors (Lipinski definition) is 5. The summed E-state index contributed by atoms with van der Waals surface area (Å²) >= 11 is 12.1. The summed E-state index contributed by atoms with van der Waals surface area (Å²) in [5.74, 6) is -2.04. The average Bonchev–Trinajstić information content (AvgIpc) is 2.73. The lowest BCUT2D eigenvalue weighted by Gasteiger charge is -2.13. The molecule has 0 aliphatic carbocycles. The van der Waals surface area contributed by atoms with Crippen LogP contribution in [0.2, 0.25) is 10.0 Å². The first kappa shape index (κ1) is 22.9. The van der Waals surface area contributed by atoms with Crippen LogP contribution in [0, 0.1) is 11.6 Å². The molecule has 0 saturated heterocycles. The van der Waals surface area contributed by atoms with E-state index in [0.717, 1.165) is 6.07 Å². The van der Waals surface area contributed by atoms with Crippen molar-refractivity contribution in [3.05, 3.63) is 64.4 Å². The molecule has 1 aromatic heterocycles. The monoisotopic (exact) mass is 465 g/mol. The fourth-order valence-corrected chi connectivity index (χ4v) is 3.16. The van der Waals surface area contributed by atoms with Crippen LogP contribution in [0.4, 0.5) is 26.0 Å². The molecule has 0 aliphatic rings. The number of nitrogens with zero attached hydrogens (tertiary/aromatic N) is 2. The van der Waals surface area contributed by atoms with Gasteiger partial charge < -0.3 is 16.0 Å². The fraction of sp³-hybridized carbons (Fsp3) is 0.190. The molecule has 31 heavy (non-hydrogen) atoms. The van der Waals surface area contributed by atoms with Gasteiger partial charge in [0, 0.05) is 18.7 Å². The summed E-state index contributed by atoms with van der Waals surface area (Å²) in [6, 6.07) is 5.77. The molecule has 0 aliphatic heterocycles. The minimum Gasteiger partial charge on any atom is -0.337 e. The zero-order valence-electron chi connectivity index (χ0n) is 16.6. The van der Waals surface area contributed by atoms with Gasteiger partial charge in [0.2, 0.25) is 5.91 Å². The Morgan fingerprint density at radius 1 is 1.10 bits per heavy atom. The summed E-state index contributed by atoms with van der Waals surface area (Å²) < 4.78 is 27.8. The van der Waals surface area contributed by atoms with Gasteiger partial charge >= 0.3 is 0 Å². The molecule has 0 radical (unpaired) electrons. The Balaban J connectivity index is 1.90. The molecule has 162 valence electrons. The molecule has 10 heteroatoms. The molecule has 0 bridgehead atoms. The van der Waals surface area contributed by atoms with Crippen molar-refractivity contribution in [1.29, 1.82) is 0 Å². The van der Waals surface area contributed by atoms with Gasteiger partial charge in [0.15, 0.2) is 5.82 Å². The van der Waals surface area contributed by atoms with E-state index in [4.69, 9.17) is 23.2 Å². The maximum absolute atomic E-state index is 14.3. The number of amides is 1. The van der Waals surface area contributed by atoms with Crippen LogP contribution in [0.5, 0.6) is 0 Å². The van der Waals surface area contributed by atoms with Gasteiger partial charge in [0.05, 0.1) is 27.3 Å². The number of carbonyl (C=O) groups is 1. The molecule has 2 aromatic carbocycles. The van der Waals surface area contributed by atoms with E-state index in [1.807, 2.05) is 13.8 Å². The molecule has 0 fully saturated rings. The Hall–Kier alpha value is -2.81. The molecule has 3 aromatic rings. The number of carbonyl (C=O) groups excluding carboxylic acids is 1. The van der Waals surface area contributed by atoms with Gasteiger partial charge in [-0.2, -0.15) is 0 Å². The van der Waals surface area contributed by atoms with E-state index in [0.29, 0.717) is 29.2 Å². The number of aromatic nitrogens is 2. The van der Waals surface area contributed by atoms with E-state index in [9.17, 15) is 13.6 Å². The second kappa shape index (κ2) is 10.00. The van der Waals surface area contributed by atoms with Crippen molar-refractivity contribution in [2.75, 3.05) is 17.2 Å². The molecule has 0 spiro atoms. The summed E-state index contributed by atoms with van der Waals surface area (Å²) in [5, 5.41) is 8.50. The lowest BCUT2D eigenvalue weighted by Crippen LogP contribution is -2.22. The first-order valence-corrected chi connectivity index (χ1v) is 10.1. The van der Waals surface area contributed by atoms with Crippen LogP contribution >= 0.6 is 23.2 Å². The first-order valence-electron chi connectivity index (χ1n) is 9.32. The first-order chi connectivity index (χ1) is 14.8. The highest BCUT2D eigenvalue weighted by atomic mass is 35.5. The number of rotatable bonds is 7. The zero-order chi connectivity index (χ0) is 22.5. The number of hydrogen-bond donors (Lipinski definition) is 3. The highest BCUT2D eigenvalue weighted by Crippen LogP contribution is 2.36. The minimum atomic E-state index is -0.964. The van der Waals surface area contributed by atoms with Gasteiger partial charge in [0.25, 0.3) is 0 Å². The van der Waals surface area contributed by atoms with E-state index in [1.54, 1.807) is 18.2 Å². The van der Waals surface area contributed by atoms with Crippen molar-refractivity contribution < 1.29 is 13.6 Å². The van der Waals surface area contributed by atoms with Crippen molar-refractivity contribution >= 4 is 57.2 Å². The highest BCUT2D eigenvalue weighted by molar-refractivity contribution is 6.39. The van der Waals surface area contributed by atoms with Crippen LogP contribution in [0.25, 0.3) is 10.9 Å². The van der Waals surface area contributed by atoms with Crippen molar-refractivity contribution in [3.8, 4) is 0 Å². The topological polar surface area (TPSA) is 78.9 Å². The van der Waals surface area contributed by atoms with Crippen molar-refractivity contribution in [3.63, 3.8) is 0 Å². The van der Waals surface area contributed by atoms with Gasteiger partial charge in [0.1, 0.15) is 23.0 Å². The molecular weight excluding hydrogens is 447 g/mol. The molecule has 1 amide bonds. The largest absolute Gasteiger partial charge is 0.337 e. The summed E-state index contributed by atoms with van der Waals surface area (Å²) in [7, 11) is 0. The number of fused-ring (bicyclic) bond motifs is 1.